The molecule has 2 N–H and O–H groups in total. The molecule has 0 aromatic carbocycles. The van der Waals surface area contributed by atoms with E-state index in [4.69, 9.17) is 0 Å². The van der Waals surface area contributed by atoms with E-state index in [1.165, 1.54) is 12.1 Å². The Hall–Kier alpha value is -0.780. The quantitative estimate of drug-likeness (QED) is 0.877. The summed E-state index contributed by atoms with van der Waals surface area (Å²) in [6.45, 7) is 4.00. The van der Waals surface area contributed by atoms with Crippen molar-refractivity contribution in [1.29, 1.82) is 0 Å². The number of hydrogen-bond donors (Lipinski definition) is 2. The lowest BCUT2D eigenvalue weighted by Gasteiger charge is -2.31. The van der Waals surface area contributed by atoms with Crippen LogP contribution in [0.4, 0.5) is 0 Å². The van der Waals surface area contributed by atoms with E-state index in [-0.39, 0.29) is 24.8 Å². The molecule has 1 aromatic heterocycles. The smallest absolute Gasteiger partial charge is 0.222 e. The maximum Gasteiger partial charge on any atom is 0.222 e. The van der Waals surface area contributed by atoms with Gasteiger partial charge in [-0.05, 0) is 50.8 Å². The molecule has 2 fully saturated rings. The molecule has 1 aromatic rings. The van der Waals surface area contributed by atoms with Crippen molar-refractivity contribution in [2.45, 2.75) is 38.0 Å². The van der Waals surface area contributed by atoms with Gasteiger partial charge in [0, 0.05) is 37.3 Å². The van der Waals surface area contributed by atoms with Crippen molar-refractivity contribution < 1.29 is 4.79 Å². The van der Waals surface area contributed by atoms with Gasteiger partial charge in [0.2, 0.25) is 5.91 Å². The lowest BCUT2D eigenvalue weighted by Crippen LogP contribution is -2.38. The summed E-state index contributed by atoms with van der Waals surface area (Å²) in [5.41, 5.74) is 1.22. The molecule has 0 saturated carbocycles. The predicted octanol–water partition coefficient (Wildman–Crippen LogP) is 2.35. The molecule has 1 atom stereocenters. The number of aromatic amines is 1. The first kappa shape index (κ1) is 19.3. The second-order valence-corrected chi connectivity index (χ2v) is 6.06. The van der Waals surface area contributed by atoms with E-state index < -0.39 is 0 Å². The zero-order chi connectivity index (χ0) is 13.8. The van der Waals surface area contributed by atoms with E-state index in [2.05, 4.69) is 26.5 Å². The van der Waals surface area contributed by atoms with E-state index in [0.717, 1.165) is 51.9 Å². The molecule has 2 aliphatic heterocycles. The number of nitrogens with one attached hydrogen (secondary N) is 2. The van der Waals surface area contributed by atoms with Crippen LogP contribution in [-0.2, 0) is 4.79 Å². The molecule has 3 heterocycles. The van der Waals surface area contributed by atoms with Gasteiger partial charge < -0.3 is 10.2 Å². The summed E-state index contributed by atoms with van der Waals surface area (Å²) >= 11 is 0. The van der Waals surface area contributed by atoms with Crippen molar-refractivity contribution in [3.63, 3.8) is 0 Å². The monoisotopic (exact) mass is 348 g/mol. The van der Waals surface area contributed by atoms with Gasteiger partial charge in [0.25, 0.3) is 0 Å². The summed E-state index contributed by atoms with van der Waals surface area (Å²) in [5, 5.41) is 10.4. The second kappa shape index (κ2) is 9.38. The summed E-state index contributed by atoms with van der Waals surface area (Å²) in [6, 6.07) is 2.05. The molecular formula is C15H26Cl2N4O. The second-order valence-electron chi connectivity index (χ2n) is 6.06. The van der Waals surface area contributed by atoms with Crippen LogP contribution >= 0.6 is 24.8 Å². The van der Waals surface area contributed by atoms with Crippen molar-refractivity contribution >= 4 is 30.7 Å². The fourth-order valence-electron chi connectivity index (χ4n) is 3.38. The maximum atomic E-state index is 12.2. The normalized spacial score (nSPS) is 22.0. The van der Waals surface area contributed by atoms with Gasteiger partial charge in [0.1, 0.15) is 0 Å². The third-order valence-electron chi connectivity index (χ3n) is 4.74. The molecule has 1 amide bonds. The summed E-state index contributed by atoms with van der Waals surface area (Å²) in [6.07, 6.45) is 6.92. The fourth-order valence-corrected chi connectivity index (χ4v) is 3.38. The number of H-pyrrole nitrogens is 1. The molecule has 1 unspecified atom stereocenters. The lowest BCUT2D eigenvalue weighted by atomic mass is 9.93. The van der Waals surface area contributed by atoms with Gasteiger partial charge in [-0.1, -0.05) is 0 Å². The molecule has 0 aliphatic carbocycles. The first-order valence-corrected chi connectivity index (χ1v) is 7.80. The highest BCUT2D eigenvalue weighted by Gasteiger charge is 2.25. The standard InChI is InChI=1S/C15H24N4O.2ClH/c20-15(2-1-12-3-7-16-11-12)19-9-5-13(6-10-19)14-4-8-17-18-14;;/h4,8,12-13,16H,1-3,5-7,9-11H2,(H,17,18);2*1H. The highest BCUT2D eigenvalue weighted by atomic mass is 35.5. The summed E-state index contributed by atoms with van der Waals surface area (Å²) < 4.78 is 0. The molecule has 22 heavy (non-hydrogen) atoms. The van der Waals surface area contributed by atoms with Crippen LogP contribution in [0, 0.1) is 5.92 Å². The van der Waals surface area contributed by atoms with E-state index in [0.29, 0.717) is 17.7 Å². The molecule has 7 heteroatoms. The number of aromatic nitrogens is 2. The Morgan fingerprint density at radius 1 is 1.27 bits per heavy atom. The number of halogens is 2. The summed E-state index contributed by atoms with van der Waals surface area (Å²) in [4.78, 5) is 14.3. The Morgan fingerprint density at radius 3 is 2.64 bits per heavy atom. The summed E-state index contributed by atoms with van der Waals surface area (Å²) in [7, 11) is 0. The Balaban J connectivity index is 0.00000121. The lowest BCUT2D eigenvalue weighted by molar-refractivity contribution is -0.132. The van der Waals surface area contributed by atoms with Crippen LogP contribution in [0.1, 0.15) is 43.7 Å². The Kier molecular flexibility index (Phi) is 8.21. The molecule has 5 nitrogen and oxygen atoms in total. The molecule has 0 bridgehead atoms. The number of hydrogen-bond acceptors (Lipinski definition) is 3. The first-order chi connectivity index (χ1) is 9.83. The van der Waals surface area contributed by atoms with Gasteiger partial charge >= 0.3 is 0 Å². The third-order valence-corrected chi connectivity index (χ3v) is 4.74. The highest BCUT2D eigenvalue weighted by molar-refractivity contribution is 5.85. The Morgan fingerprint density at radius 2 is 2.05 bits per heavy atom. The Bertz CT molecular complexity index is 427. The number of rotatable bonds is 4. The van der Waals surface area contributed by atoms with Crippen molar-refractivity contribution in [1.82, 2.24) is 20.4 Å². The summed E-state index contributed by atoms with van der Waals surface area (Å²) in [5.74, 6) is 1.60. The molecular weight excluding hydrogens is 323 g/mol. The maximum absolute atomic E-state index is 12.2. The molecule has 126 valence electrons. The number of nitrogens with zero attached hydrogens (tertiary/aromatic N) is 2. The van der Waals surface area contributed by atoms with Crippen LogP contribution < -0.4 is 5.32 Å². The van der Waals surface area contributed by atoms with Crippen LogP contribution in [0.15, 0.2) is 12.3 Å². The zero-order valence-electron chi connectivity index (χ0n) is 12.8. The minimum absolute atomic E-state index is 0. The van der Waals surface area contributed by atoms with Gasteiger partial charge in [0.15, 0.2) is 0 Å². The fraction of sp³-hybridized carbons (Fsp3) is 0.733. The van der Waals surface area contributed by atoms with Crippen LogP contribution in [0.25, 0.3) is 0 Å². The van der Waals surface area contributed by atoms with Crippen LogP contribution in [0.5, 0.6) is 0 Å². The van der Waals surface area contributed by atoms with Crippen molar-refractivity contribution in [3.05, 3.63) is 18.0 Å². The van der Waals surface area contributed by atoms with Crippen molar-refractivity contribution in [2.75, 3.05) is 26.2 Å². The van der Waals surface area contributed by atoms with Crippen LogP contribution in [-0.4, -0.2) is 47.2 Å². The average molecular weight is 349 g/mol. The number of likely N-dealkylation sites (tertiary alicyclic amines) is 1. The first-order valence-electron chi connectivity index (χ1n) is 7.80. The van der Waals surface area contributed by atoms with E-state index >= 15 is 0 Å². The van der Waals surface area contributed by atoms with E-state index in [1.807, 2.05) is 6.20 Å². The molecule has 0 spiro atoms. The van der Waals surface area contributed by atoms with Gasteiger partial charge in [0.05, 0.1) is 0 Å². The van der Waals surface area contributed by atoms with Crippen LogP contribution in [0.2, 0.25) is 0 Å². The minimum Gasteiger partial charge on any atom is -0.343 e. The number of carbonyl (C=O) groups excluding carboxylic acids is 1. The number of carbonyl (C=O) groups is 1. The zero-order valence-corrected chi connectivity index (χ0v) is 14.4. The topological polar surface area (TPSA) is 61.0 Å². The minimum atomic E-state index is 0. The average Bonchev–Trinajstić information content (AvgIpc) is 3.18. The van der Waals surface area contributed by atoms with E-state index in [9.17, 15) is 4.79 Å². The molecule has 2 aliphatic rings. The van der Waals surface area contributed by atoms with E-state index in [1.54, 1.807) is 0 Å². The van der Waals surface area contributed by atoms with Gasteiger partial charge in [-0.25, -0.2) is 0 Å². The van der Waals surface area contributed by atoms with Gasteiger partial charge in [-0.3, -0.25) is 9.89 Å². The molecule has 0 radical (unpaired) electrons. The molecule has 2 saturated heterocycles. The van der Waals surface area contributed by atoms with Crippen molar-refractivity contribution in [2.24, 2.45) is 5.92 Å². The number of piperidine rings is 1. The molecule has 3 rings (SSSR count). The van der Waals surface area contributed by atoms with Crippen LogP contribution in [0.3, 0.4) is 0 Å². The van der Waals surface area contributed by atoms with Crippen molar-refractivity contribution in [3.8, 4) is 0 Å². The third kappa shape index (κ3) is 4.86. The number of amides is 1. The van der Waals surface area contributed by atoms with Gasteiger partial charge in [-0.2, -0.15) is 5.10 Å². The highest BCUT2D eigenvalue weighted by Crippen LogP contribution is 2.27. The van der Waals surface area contributed by atoms with Gasteiger partial charge in [-0.15, -0.1) is 24.8 Å². The SMILES string of the molecule is Cl.Cl.O=C(CCC1CCNC1)N1CCC(c2ccn[nH]2)CC1. The Labute approximate surface area is 144 Å². The largest absolute Gasteiger partial charge is 0.343 e. The predicted molar refractivity (Wildman–Crippen MR) is 91.8 cm³/mol.